The van der Waals surface area contributed by atoms with E-state index >= 15 is 0 Å². The largest absolute Gasteiger partial charge is 0.456 e. The van der Waals surface area contributed by atoms with E-state index in [1.807, 2.05) is 0 Å². The second-order valence-electron chi connectivity index (χ2n) is 20.8. The molecule has 0 aliphatic carbocycles. The van der Waals surface area contributed by atoms with Crippen LogP contribution in [0.4, 0.5) is 0 Å². The zero-order valence-electron chi connectivity index (χ0n) is 106. The molecule has 0 bridgehead atoms. The molecule has 0 radical (unpaired) electrons. The first-order valence-corrected chi connectivity index (χ1v) is 28.3. The Hall–Kier alpha value is -12.6. The van der Waals surface area contributed by atoms with Crippen LogP contribution in [-0.4, -0.2) is 0 Å². The van der Waals surface area contributed by atoms with Crippen LogP contribution in [0.15, 0.2) is 359 Å². The molecule has 2 heterocycles. The van der Waals surface area contributed by atoms with E-state index in [-0.39, 0.29) is 0 Å². The summed E-state index contributed by atoms with van der Waals surface area (Å²) >= 11 is 0. The minimum atomic E-state index is -1.15. The van der Waals surface area contributed by atoms with Crippen molar-refractivity contribution in [1.82, 2.24) is 0 Å². The molecule has 96 heavy (non-hydrogen) atoms. The highest BCUT2D eigenvalue weighted by Gasteiger charge is 2.21. The van der Waals surface area contributed by atoms with Crippen LogP contribution >= 0.6 is 0 Å². The first-order valence-electron chi connectivity index (χ1n) is 57.3. The first-order chi connectivity index (χ1) is 71.8. The van der Waals surface area contributed by atoms with Gasteiger partial charge in [0.25, 0.3) is 0 Å². The molecule has 2 nitrogen and oxygen atoms in total. The molecule has 2 heteroatoms. The molecular weight excluding hydrogens is 1160 g/mol. The van der Waals surface area contributed by atoms with Crippen molar-refractivity contribution in [2.24, 2.45) is 0 Å². The third-order valence-electron chi connectivity index (χ3n) is 15.5. The van der Waals surface area contributed by atoms with Gasteiger partial charge in [-0.2, -0.15) is 0 Å². The van der Waals surface area contributed by atoms with Gasteiger partial charge in [0.2, 0.25) is 0 Å². The fourth-order valence-electron chi connectivity index (χ4n) is 11.3. The Bertz CT molecular complexity index is 9930. The molecule has 18 aromatic carbocycles. The maximum atomic E-state index is 9.64. The minimum absolute atomic E-state index is 0.420. The monoisotopic (exact) mass is 1280 g/mol. The van der Waals surface area contributed by atoms with Gasteiger partial charge in [-0.1, -0.05) is 296 Å². The summed E-state index contributed by atoms with van der Waals surface area (Å²) in [6, 6.07) is -54.4. The number of benzene rings is 18. The average Bonchev–Trinajstić information content (AvgIpc) is 0.759. The maximum absolute atomic E-state index is 9.64. The Kier molecular flexibility index (Phi) is 5.24. The Morgan fingerprint density at radius 3 is 0.896 bits per heavy atom. The summed E-state index contributed by atoms with van der Waals surface area (Å²) < 4.78 is 533. The van der Waals surface area contributed by atoms with E-state index in [2.05, 4.69) is 0 Å². The van der Waals surface area contributed by atoms with Crippen LogP contribution in [0.2, 0.25) is 0 Å². The third kappa shape index (κ3) is 9.25. The number of fused-ring (bicyclic) bond motifs is 13. The Balaban J connectivity index is 0.000000192. The lowest BCUT2D eigenvalue weighted by Crippen LogP contribution is -1.92. The number of rotatable bonds is 7. The van der Waals surface area contributed by atoms with Crippen molar-refractivity contribution in [3.8, 4) is 77.9 Å². The third-order valence-corrected chi connectivity index (χ3v) is 15.5. The molecule has 0 fully saturated rings. The van der Waals surface area contributed by atoms with Gasteiger partial charge < -0.3 is 8.83 Å². The highest BCUT2D eigenvalue weighted by atomic mass is 16.3. The second kappa shape index (κ2) is 22.6. The van der Waals surface area contributed by atoms with Crippen molar-refractivity contribution in [3.63, 3.8) is 0 Å². The first kappa shape index (κ1) is 22.3. The Morgan fingerprint density at radius 2 is 0.458 bits per heavy atom. The van der Waals surface area contributed by atoms with Crippen molar-refractivity contribution in [3.05, 3.63) is 350 Å². The predicted molar refractivity (Wildman–Crippen MR) is 408 cm³/mol. The van der Waals surface area contributed by atoms with Gasteiger partial charge in [-0.3, -0.25) is 0 Å². The molecule has 20 rings (SSSR count). The fourth-order valence-corrected chi connectivity index (χ4v) is 11.3. The maximum Gasteiger partial charge on any atom is 0.136 e. The van der Waals surface area contributed by atoms with E-state index < -0.39 is 548 Å². The lowest BCUT2D eigenvalue weighted by molar-refractivity contribution is 0.669. The van der Waals surface area contributed by atoms with Crippen molar-refractivity contribution >= 4 is 119 Å². The fraction of sp³-hybridized carbons (Fsp3) is 0. The summed E-state index contributed by atoms with van der Waals surface area (Å²) in [5.74, 6) is 0. The van der Waals surface area contributed by atoms with Crippen LogP contribution in [0.5, 0.6) is 0 Å². The summed E-state index contributed by atoms with van der Waals surface area (Å²) in [6.07, 6.45) is 0. The average molecular weight is 1280 g/mol. The molecule has 446 valence electrons. The number of furan rings is 2. The van der Waals surface area contributed by atoms with Crippen molar-refractivity contribution in [1.29, 1.82) is 0 Å². The van der Waals surface area contributed by atoms with E-state index in [0.29, 0.717) is 0 Å². The van der Waals surface area contributed by atoms with Gasteiger partial charge in [-0.25, -0.2) is 0 Å². The quantitative estimate of drug-likeness (QED) is 0.149. The van der Waals surface area contributed by atoms with Gasteiger partial charge in [-0.15, -0.1) is 0 Å². The predicted octanol–water partition coefficient (Wildman–Crippen LogP) is 26.9. The minimum Gasteiger partial charge on any atom is -0.456 e. The summed E-state index contributed by atoms with van der Waals surface area (Å²) in [4.78, 5) is 0. The summed E-state index contributed by atoms with van der Waals surface area (Å²) in [5, 5.41) is -11.1. The van der Waals surface area contributed by atoms with Crippen LogP contribution in [-0.2, 0) is 0 Å². The van der Waals surface area contributed by atoms with E-state index in [9.17, 15) is 30.2 Å². The van der Waals surface area contributed by atoms with E-state index in [1.54, 1.807) is 0 Å². The van der Waals surface area contributed by atoms with Gasteiger partial charge in [0.1, 0.15) is 22.3 Å². The lowest BCUT2D eigenvalue weighted by atomic mass is 9.83. The van der Waals surface area contributed by atoms with Crippen LogP contribution < -0.4 is 0 Å². The smallest absolute Gasteiger partial charge is 0.136 e. The van der Waals surface area contributed by atoms with E-state index in [4.69, 9.17) is 58.2 Å². The zero-order chi connectivity index (χ0) is 114. The molecule has 0 unspecified atom stereocenters. The molecule has 0 spiro atoms. The van der Waals surface area contributed by atoms with Gasteiger partial charge in [0.15, 0.2) is 0 Å². The molecule has 2 aromatic heterocycles. The highest BCUT2D eigenvalue weighted by molar-refractivity contribution is 6.24. The number of hydrogen-bond acceptors (Lipinski definition) is 2. The van der Waals surface area contributed by atoms with Crippen molar-refractivity contribution < 1.29 is 88.3 Å². The molecule has 0 amide bonds. The van der Waals surface area contributed by atoms with Gasteiger partial charge in [-0.05, 0) is 208 Å². The highest BCUT2D eigenvalue weighted by Crippen LogP contribution is 2.48. The topological polar surface area (TPSA) is 26.3 Å². The molecule has 0 aliphatic rings. The van der Waals surface area contributed by atoms with Gasteiger partial charge in [0, 0.05) is 21.5 Å². The molecule has 0 atom stereocenters. The summed E-state index contributed by atoms with van der Waals surface area (Å²) in [6.45, 7) is 0. The van der Waals surface area contributed by atoms with Crippen LogP contribution in [0.3, 0.4) is 0 Å². The Labute approximate surface area is 635 Å². The Morgan fingerprint density at radius 1 is 0.156 bits per heavy atom. The van der Waals surface area contributed by atoms with Gasteiger partial charge in [0.05, 0.1) is 79.5 Å². The summed E-state index contributed by atoms with van der Waals surface area (Å²) in [5.41, 5.74) is -13.7. The SMILES string of the molecule is [2H]c1c([2H])c(-c2c3c([2H])c([2H])c([2H])c([2H])c3c(-c3c([2H])c([2H])c4c([2H])c([2H])c([2H])c([2H])c4c3[2H])c3c([2H])c([2H])c([2H])c([2H])c23)c([2H])c([2H])c1-c1c([2H])c([2H])c2oc3c([2H])c4c([2H])c([2H])c([2H])c([2H])c4c([2H])c3c2c1[2H].[2H]c1c([2H])c([2H])c(-c2c([2H])c([2H])c([2H])c([2H])c2-c2c3c([2H])c([2H])c([2H])c([2H])c3c(-c3c([2H])c([2H])c(-c4c([2H])c([2H])c5oc6c([2H])c7c([2H])c([2H])c([2H])c([2H])c7c([2H])c6c5c4[2H])c([2H])c3[2H])c3c([2H])c([2H])c([2H])c([2H])c23)c([2H])c1[2H]. The molecule has 0 saturated carbocycles. The van der Waals surface area contributed by atoms with Crippen molar-refractivity contribution in [2.45, 2.75) is 0 Å². The molecule has 0 saturated heterocycles. The van der Waals surface area contributed by atoms with Crippen LogP contribution in [0.25, 0.3) is 197 Å². The molecule has 0 N–H and O–H groups in total. The zero-order valence-corrected chi connectivity index (χ0v) is 47.8. The van der Waals surface area contributed by atoms with Crippen LogP contribution in [0.1, 0.15) is 79.5 Å². The summed E-state index contributed by atoms with van der Waals surface area (Å²) in [7, 11) is 0. The molecule has 20 aromatic rings. The lowest BCUT2D eigenvalue weighted by Gasteiger charge is -2.19. The standard InChI is InChI=1S/C48H30O.C46H28O/c1-2-12-32(13-3-1)37-16-6-7-17-38(37)48-41-20-10-8-18-39(41)47(40-19-9-11-21-42(40)48)33-24-22-31(23-25-33)36-26-27-45-43(29-36)44-28-34-14-4-5-15-35(34)30-46(44)49-45;1-2-10-32-25-36(22-19-29(32)9-1)46-39-15-7-5-13-37(39)45(38-14-6-8-16-40(38)46)31-20-17-30(18-21-31)35-23-24-43-41(27-35)42-26-33-11-3-4-12-34(33)28-44(42)47-43/h1-30H;1-28H/i1D,2D,3D,4D,5D,6D,7D,8D,9D,10D,11D,12D,13D,14D,15D,16D,17D,18D,19D,20D,21D,22D,23D,24D,25D,26D,27D,28D,29D,30D;1D,2D,3D,4D,5D,6D,7D,8D,9D,10D,11D,12D,13D,14D,15D,16D,17D,18D,19D,20D,21D,22D,23D,24D,25D,26D,27D,28D. The normalized spacial score (nSPS) is 20.2. The van der Waals surface area contributed by atoms with E-state index in [0.717, 1.165) is 0 Å². The molecular formula is C94H58O2. The van der Waals surface area contributed by atoms with Gasteiger partial charge >= 0.3 is 0 Å². The van der Waals surface area contributed by atoms with E-state index in [1.165, 1.54) is 0 Å². The molecule has 0 aliphatic heterocycles. The second-order valence-corrected chi connectivity index (χ2v) is 20.8. The number of hydrogen-bond donors (Lipinski definition) is 0. The van der Waals surface area contributed by atoms with Crippen molar-refractivity contribution in [2.75, 3.05) is 0 Å². The van der Waals surface area contributed by atoms with Crippen LogP contribution in [0, 0.1) is 0 Å².